The monoisotopic (exact) mass is 277 g/mol. The molecule has 1 aromatic rings. The average Bonchev–Trinajstić information content (AvgIpc) is 2.46. The number of benzene rings is 1. The minimum absolute atomic E-state index is 0.0159. The topological polar surface area (TPSA) is 61.4 Å². The number of carbonyl (C=O) groups excluding carboxylic acids is 2. The third-order valence-electron chi connectivity index (χ3n) is 2.98. The number of hydrogen-bond donors (Lipinski definition) is 2. The third kappa shape index (κ3) is 4.66. The van der Waals surface area contributed by atoms with Crippen molar-refractivity contribution in [1.82, 2.24) is 10.2 Å². The van der Waals surface area contributed by atoms with E-state index in [-0.39, 0.29) is 18.4 Å². The van der Waals surface area contributed by atoms with E-state index in [0.29, 0.717) is 24.3 Å². The van der Waals surface area contributed by atoms with E-state index in [1.807, 2.05) is 20.8 Å². The Balaban J connectivity index is 2.75. The fourth-order valence-corrected chi connectivity index (χ4v) is 1.87. The van der Waals surface area contributed by atoms with Gasteiger partial charge in [0.1, 0.15) is 0 Å². The Morgan fingerprint density at radius 2 is 1.85 bits per heavy atom. The lowest BCUT2D eigenvalue weighted by Crippen LogP contribution is -2.30. The van der Waals surface area contributed by atoms with Gasteiger partial charge < -0.3 is 15.5 Å². The summed E-state index contributed by atoms with van der Waals surface area (Å²) in [5, 5.41) is 5.73. The van der Waals surface area contributed by atoms with E-state index < -0.39 is 0 Å². The summed E-state index contributed by atoms with van der Waals surface area (Å²) in [6, 6.07) is 7.04. The molecule has 0 unspecified atom stereocenters. The van der Waals surface area contributed by atoms with Crippen LogP contribution < -0.4 is 10.6 Å². The summed E-state index contributed by atoms with van der Waals surface area (Å²) < 4.78 is 0. The Morgan fingerprint density at radius 1 is 1.15 bits per heavy atom. The molecule has 0 aliphatic rings. The highest BCUT2D eigenvalue weighted by Crippen LogP contribution is 2.12. The predicted octanol–water partition coefficient (Wildman–Crippen LogP) is 1.72. The number of nitrogens with zero attached hydrogens (tertiary/aromatic N) is 1. The van der Waals surface area contributed by atoms with Gasteiger partial charge in [-0.1, -0.05) is 13.0 Å². The van der Waals surface area contributed by atoms with Gasteiger partial charge in [0.15, 0.2) is 0 Å². The normalized spacial score (nSPS) is 10.2. The molecule has 0 aliphatic carbocycles. The molecule has 1 aromatic carbocycles. The van der Waals surface area contributed by atoms with Crippen LogP contribution in [0.1, 0.15) is 31.1 Å². The molecule has 0 radical (unpaired) electrons. The van der Waals surface area contributed by atoms with E-state index in [2.05, 4.69) is 10.6 Å². The van der Waals surface area contributed by atoms with Crippen LogP contribution in [0.5, 0.6) is 0 Å². The van der Waals surface area contributed by atoms with Gasteiger partial charge in [0.2, 0.25) is 5.91 Å². The van der Waals surface area contributed by atoms with Crippen molar-refractivity contribution >= 4 is 17.5 Å². The maximum absolute atomic E-state index is 12.2. The van der Waals surface area contributed by atoms with Crippen LogP contribution in [0.4, 0.5) is 5.69 Å². The van der Waals surface area contributed by atoms with Gasteiger partial charge in [-0.2, -0.15) is 0 Å². The van der Waals surface area contributed by atoms with Gasteiger partial charge >= 0.3 is 0 Å². The highest BCUT2D eigenvalue weighted by Gasteiger charge is 2.13. The Bertz CT molecular complexity index is 456. The highest BCUT2D eigenvalue weighted by molar-refractivity contribution is 5.97. The van der Waals surface area contributed by atoms with Gasteiger partial charge in [0, 0.05) is 24.3 Å². The molecule has 5 heteroatoms. The number of anilines is 1. The zero-order chi connectivity index (χ0) is 15.0. The van der Waals surface area contributed by atoms with Crippen molar-refractivity contribution in [3.63, 3.8) is 0 Å². The van der Waals surface area contributed by atoms with Crippen LogP contribution >= 0.6 is 0 Å². The van der Waals surface area contributed by atoms with E-state index in [9.17, 15) is 9.59 Å². The molecule has 5 nitrogen and oxygen atoms in total. The van der Waals surface area contributed by atoms with E-state index >= 15 is 0 Å². The number of likely N-dealkylation sites (N-methyl/N-ethyl adjacent to an activating group) is 1. The zero-order valence-electron chi connectivity index (χ0n) is 12.4. The second kappa shape index (κ2) is 8.32. The smallest absolute Gasteiger partial charge is 0.253 e. The lowest BCUT2D eigenvalue weighted by Gasteiger charge is -2.19. The molecule has 2 amide bonds. The summed E-state index contributed by atoms with van der Waals surface area (Å²) in [6.07, 6.45) is 0. The highest BCUT2D eigenvalue weighted by atomic mass is 16.2. The van der Waals surface area contributed by atoms with E-state index in [1.54, 1.807) is 29.2 Å². The number of carbonyl (C=O) groups is 2. The van der Waals surface area contributed by atoms with Crippen LogP contribution in [-0.2, 0) is 4.79 Å². The first-order chi connectivity index (χ1) is 9.62. The van der Waals surface area contributed by atoms with Crippen LogP contribution in [0, 0.1) is 0 Å². The molecule has 0 saturated carbocycles. The van der Waals surface area contributed by atoms with Gasteiger partial charge in [-0.05, 0) is 38.6 Å². The SMILES string of the molecule is CCNCC(=O)Nc1cccc(C(=O)N(CC)CC)c1. The molecule has 20 heavy (non-hydrogen) atoms. The Hall–Kier alpha value is -1.88. The summed E-state index contributed by atoms with van der Waals surface area (Å²) in [5.41, 5.74) is 1.24. The van der Waals surface area contributed by atoms with Crippen molar-refractivity contribution in [3.05, 3.63) is 29.8 Å². The first kappa shape index (κ1) is 16.2. The lowest BCUT2D eigenvalue weighted by atomic mass is 10.1. The Morgan fingerprint density at radius 3 is 2.45 bits per heavy atom. The predicted molar refractivity (Wildman–Crippen MR) is 80.9 cm³/mol. The molecule has 2 N–H and O–H groups in total. The van der Waals surface area contributed by atoms with Gasteiger partial charge in [0.05, 0.1) is 6.54 Å². The first-order valence-corrected chi connectivity index (χ1v) is 7.02. The first-order valence-electron chi connectivity index (χ1n) is 7.02. The molecule has 0 fully saturated rings. The molecule has 0 atom stereocenters. The van der Waals surface area contributed by atoms with Crippen molar-refractivity contribution < 1.29 is 9.59 Å². The van der Waals surface area contributed by atoms with Crippen molar-refractivity contribution in [2.75, 3.05) is 31.5 Å². The van der Waals surface area contributed by atoms with Crippen molar-refractivity contribution in [2.24, 2.45) is 0 Å². The second-order valence-corrected chi connectivity index (χ2v) is 4.39. The largest absolute Gasteiger partial charge is 0.339 e. The molecule has 110 valence electrons. The van der Waals surface area contributed by atoms with Crippen LogP contribution in [0.2, 0.25) is 0 Å². The maximum Gasteiger partial charge on any atom is 0.253 e. The summed E-state index contributed by atoms with van der Waals surface area (Å²) in [5.74, 6) is -0.128. The van der Waals surface area contributed by atoms with Crippen molar-refractivity contribution in [2.45, 2.75) is 20.8 Å². The molecule has 1 rings (SSSR count). The number of hydrogen-bond acceptors (Lipinski definition) is 3. The van der Waals surface area contributed by atoms with Crippen LogP contribution in [0.3, 0.4) is 0 Å². The summed E-state index contributed by atoms with van der Waals surface area (Å²) in [4.78, 5) is 25.6. The third-order valence-corrected chi connectivity index (χ3v) is 2.98. The van der Waals surface area contributed by atoms with Crippen LogP contribution in [0.15, 0.2) is 24.3 Å². The van der Waals surface area contributed by atoms with Crippen molar-refractivity contribution in [3.8, 4) is 0 Å². The van der Waals surface area contributed by atoms with E-state index in [1.165, 1.54) is 0 Å². The second-order valence-electron chi connectivity index (χ2n) is 4.39. The fraction of sp³-hybridized carbons (Fsp3) is 0.467. The molecule has 0 aliphatic heterocycles. The summed E-state index contributed by atoms with van der Waals surface area (Å²) in [6.45, 7) is 8.20. The van der Waals surface area contributed by atoms with Gasteiger partial charge in [0.25, 0.3) is 5.91 Å². The van der Waals surface area contributed by atoms with E-state index in [0.717, 1.165) is 6.54 Å². The van der Waals surface area contributed by atoms with Gasteiger partial charge in [-0.25, -0.2) is 0 Å². The zero-order valence-corrected chi connectivity index (χ0v) is 12.4. The van der Waals surface area contributed by atoms with E-state index in [4.69, 9.17) is 0 Å². The molecular weight excluding hydrogens is 254 g/mol. The fourth-order valence-electron chi connectivity index (χ4n) is 1.87. The Labute approximate surface area is 120 Å². The van der Waals surface area contributed by atoms with Crippen LogP contribution in [0.25, 0.3) is 0 Å². The maximum atomic E-state index is 12.2. The summed E-state index contributed by atoms with van der Waals surface area (Å²) >= 11 is 0. The van der Waals surface area contributed by atoms with Crippen molar-refractivity contribution in [1.29, 1.82) is 0 Å². The summed E-state index contributed by atoms with van der Waals surface area (Å²) in [7, 11) is 0. The molecule has 0 aromatic heterocycles. The number of amides is 2. The number of nitrogens with one attached hydrogen (secondary N) is 2. The standard InChI is InChI=1S/C15H23N3O2/c1-4-16-11-14(19)17-13-9-7-8-12(10-13)15(20)18(5-2)6-3/h7-10,16H,4-6,11H2,1-3H3,(H,17,19). The Kier molecular flexibility index (Phi) is 6.73. The average molecular weight is 277 g/mol. The quantitative estimate of drug-likeness (QED) is 0.797. The molecule has 0 heterocycles. The number of rotatable bonds is 7. The molecule has 0 saturated heterocycles. The lowest BCUT2D eigenvalue weighted by molar-refractivity contribution is -0.115. The molecule has 0 bridgehead atoms. The van der Waals surface area contributed by atoms with Crippen LogP contribution in [-0.4, -0.2) is 42.9 Å². The van der Waals surface area contributed by atoms with Gasteiger partial charge in [-0.15, -0.1) is 0 Å². The minimum atomic E-state index is -0.112. The molecule has 0 spiro atoms. The minimum Gasteiger partial charge on any atom is -0.339 e. The van der Waals surface area contributed by atoms with Gasteiger partial charge in [-0.3, -0.25) is 9.59 Å². The molecular formula is C15H23N3O2.